The molecule has 23 heavy (non-hydrogen) atoms. The zero-order valence-electron chi connectivity index (χ0n) is 12.7. The minimum Gasteiger partial charge on any atom is -0.494 e. The van der Waals surface area contributed by atoms with Gasteiger partial charge in [-0.05, 0) is 42.8 Å². The fourth-order valence-electron chi connectivity index (χ4n) is 2.11. The number of aromatic carboxylic acids is 1. The summed E-state index contributed by atoms with van der Waals surface area (Å²) < 4.78 is 18.6. The lowest BCUT2D eigenvalue weighted by Gasteiger charge is -2.15. The second kappa shape index (κ2) is 6.91. The average molecular weight is 317 g/mol. The van der Waals surface area contributed by atoms with Crippen LogP contribution < -0.4 is 10.1 Å². The Balaban J connectivity index is 2.15. The Morgan fingerprint density at radius 3 is 2.48 bits per heavy atom. The summed E-state index contributed by atoms with van der Waals surface area (Å²) >= 11 is 0. The molecule has 0 spiro atoms. The summed E-state index contributed by atoms with van der Waals surface area (Å²) in [5.41, 5.74) is 0.831. The van der Waals surface area contributed by atoms with E-state index in [1.807, 2.05) is 0 Å². The number of hydrogen-bond donors (Lipinski definition) is 2. The van der Waals surface area contributed by atoms with Crippen molar-refractivity contribution in [1.29, 1.82) is 0 Å². The van der Waals surface area contributed by atoms with Crippen molar-refractivity contribution in [2.24, 2.45) is 0 Å². The highest BCUT2D eigenvalue weighted by molar-refractivity contribution is 5.97. The molecule has 2 aromatic carbocycles. The first-order chi connectivity index (χ1) is 10.9. The number of benzene rings is 2. The van der Waals surface area contributed by atoms with Gasteiger partial charge in [-0.15, -0.1) is 0 Å². The van der Waals surface area contributed by atoms with Crippen LogP contribution in [0.4, 0.5) is 4.39 Å². The Kier molecular flexibility index (Phi) is 4.95. The van der Waals surface area contributed by atoms with E-state index in [0.29, 0.717) is 5.56 Å². The molecular weight excluding hydrogens is 301 g/mol. The van der Waals surface area contributed by atoms with Crippen LogP contribution in [-0.2, 0) is 0 Å². The monoisotopic (exact) mass is 317 g/mol. The van der Waals surface area contributed by atoms with Crippen LogP contribution in [0.3, 0.4) is 0 Å². The van der Waals surface area contributed by atoms with Crippen LogP contribution in [0.25, 0.3) is 0 Å². The van der Waals surface area contributed by atoms with E-state index >= 15 is 0 Å². The summed E-state index contributed by atoms with van der Waals surface area (Å²) in [6, 6.07) is 9.69. The summed E-state index contributed by atoms with van der Waals surface area (Å²) in [6.45, 7) is 1.71. The highest BCUT2D eigenvalue weighted by Crippen LogP contribution is 2.22. The van der Waals surface area contributed by atoms with E-state index in [2.05, 4.69) is 5.32 Å². The minimum atomic E-state index is -1.11. The van der Waals surface area contributed by atoms with Crippen LogP contribution in [0.5, 0.6) is 5.75 Å². The Morgan fingerprint density at radius 1 is 1.17 bits per heavy atom. The zero-order chi connectivity index (χ0) is 17.0. The second-order valence-corrected chi connectivity index (χ2v) is 4.98. The Morgan fingerprint density at radius 2 is 1.87 bits per heavy atom. The Labute approximate surface area is 132 Å². The minimum absolute atomic E-state index is 0.0285. The smallest absolute Gasteiger partial charge is 0.335 e. The van der Waals surface area contributed by atoms with E-state index in [0.717, 1.165) is 0 Å². The van der Waals surface area contributed by atoms with Gasteiger partial charge in [-0.1, -0.05) is 12.1 Å². The first-order valence-corrected chi connectivity index (χ1v) is 6.90. The van der Waals surface area contributed by atoms with Gasteiger partial charge in [0.15, 0.2) is 11.6 Å². The molecule has 0 aliphatic rings. The summed E-state index contributed by atoms with van der Waals surface area (Å²) in [4.78, 5) is 23.1. The first kappa shape index (κ1) is 16.5. The van der Waals surface area contributed by atoms with E-state index in [1.165, 1.54) is 43.5 Å². The molecule has 0 saturated heterocycles. The van der Waals surface area contributed by atoms with Crippen molar-refractivity contribution in [3.05, 3.63) is 65.0 Å². The number of ether oxygens (including phenoxy) is 1. The third-order valence-electron chi connectivity index (χ3n) is 3.40. The van der Waals surface area contributed by atoms with E-state index in [4.69, 9.17) is 9.84 Å². The van der Waals surface area contributed by atoms with Gasteiger partial charge in [0.1, 0.15) is 0 Å². The number of halogens is 1. The van der Waals surface area contributed by atoms with Gasteiger partial charge in [0.2, 0.25) is 0 Å². The Hall–Kier alpha value is -2.89. The van der Waals surface area contributed by atoms with Gasteiger partial charge in [-0.25, -0.2) is 9.18 Å². The van der Waals surface area contributed by atoms with Crippen molar-refractivity contribution in [3.8, 4) is 5.75 Å². The van der Waals surface area contributed by atoms with E-state index in [-0.39, 0.29) is 16.9 Å². The number of carbonyl (C=O) groups excluding carboxylic acids is 1. The van der Waals surface area contributed by atoms with Crippen LogP contribution in [0.1, 0.15) is 39.2 Å². The number of amides is 1. The lowest BCUT2D eigenvalue weighted by molar-refractivity contribution is 0.0697. The maximum atomic E-state index is 13.7. The van der Waals surface area contributed by atoms with Crippen molar-refractivity contribution in [2.75, 3.05) is 7.11 Å². The summed E-state index contributed by atoms with van der Waals surface area (Å²) in [7, 11) is 1.37. The molecule has 6 heteroatoms. The predicted molar refractivity (Wildman–Crippen MR) is 82.2 cm³/mol. The van der Waals surface area contributed by atoms with Gasteiger partial charge in [-0.3, -0.25) is 4.79 Å². The maximum Gasteiger partial charge on any atom is 0.335 e. The summed E-state index contributed by atoms with van der Waals surface area (Å²) in [6.07, 6.45) is 0. The fourth-order valence-corrected chi connectivity index (χ4v) is 2.11. The predicted octanol–water partition coefficient (Wildman–Crippen LogP) is 3.02. The third kappa shape index (κ3) is 3.85. The highest BCUT2D eigenvalue weighted by Gasteiger charge is 2.14. The summed E-state index contributed by atoms with van der Waals surface area (Å²) in [5.74, 6) is -1.93. The fraction of sp³-hybridized carbons (Fsp3) is 0.176. The molecule has 0 radical (unpaired) electrons. The molecular formula is C17H16FNO4. The Bertz CT molecular complexity index is 745. The SMILES string of the molecule is COc1ccc(C(C)NC(=O)c2cccc(C(=O)O)c2)cc1F. The first-order valence-electron chi connectivity index (χ1n) is 6.90. The molecule has 0 aliphatic carbocycles. The molecule has 120 valence electrons. The molecule has 5 nitrogen and oxygen atoms in total. The van der Waals surface area contributed by atoms with Crippen LogP contribution in [-0.4, -0.2) is 24.1 Å². The number of methoxy groups -OCH3 is 1. The van der Waals surface area contributed by atoms with Gasteiger partial charge in [0, 0.05) is 5.56 Å². The van der Waals surface area contributed by atoms with Crippen LogP contribution in [0.15, 0.2) is 42.5 Å². The topological polar surface area (TPSA) is 75.6 Å². The van der Waals surface area contributed by atoms with Crippen LogP contribution >= 0.6 is 0 Å². The number of rotatable bonds is 5. The van der Waals surface area contributed by atoms with Gasteiger partial charge in [0.25, 0.3) is 5.91 Å². The molecule has 1 atom stereocenters. The largest absolute Gasteiger partial charge is 0.494 e. The quantitative estimate of drug-likeness (QED) is 0.889. The molecule has 0 heterocycles. The number of carboxylic acid groups (broad SMARTS) is 1. The maximum absolute atomic E-state index is 13.7. The number of carboxylic acids is 1. The van der Waals surface area contributed by atoms with Crippen molar-refractivity contribution in [2.45, 2.75) is 13.0 Å². The normalized spacial score (nSPS) is 11.6. The zero-order valence-corrected chi connectivity index (χ0v) is 12.7. The highest BCUT2D eigenvalue weighted by atomic mass is 19.1. The molecule has 0 bridgehead atoms. The molecule has 2 aromatic rings. The molecule has 2 N–H and O–H groups in total. The molecule has 0 aromatic heterocycles. The lowest BCUT2D eigenvalue weighted by atomic mass is 10.1. The van der Waals surface area contributed by atoms with Gasteiger partial charge < -0.3 is 15.2 Å². The van der Waals surface area contributed by atoms with Gasteiger partial charge in [-0.2, -0.15) is 0 Å². The van der Waals surface area contributed by atoms with Crippen LogP contribution in [0.2, 0.25) is 0 Å². The van der Waals surface area contributed by atoms with Crippen LogP contribution in [0, 0.1) is 5.82 Å². The molecule has 0 fully saturated rings. The number of carbonyl (C=O) groups is 2. The van der Waals surface area contributed by atoms with Crippen molar-refractivity contribution >= 4 is 11.9 Å². The number of nitrogens with one attached hydrogen (secondary N) is 1. The van der Waals surface area contributed by atoms with E-state index < -0.39 is 23.7 Å². The lowest BCUT2D eigenvalue weighted by Crippen LogP contribution is -2.26. The molecule has 0 saturated carbocycles. The van der Waals surface area contributed by atoms with Crippen molar-refractivity contribution < 1.29 is 23.8 Å². The molecule has 0 aliphatic heterocycles. The van der Waals surface area contributed by atoms with Crippen molar-refractivity contribution in [1.82, 2.24) is 5.32 Å². The third-order valence-corrected chi connectivity index (χ3v) is 3.40. The molecule has 1 unspecified atom stereocenters. The average Bonchev–Trinajstić information content (AvgIpc) is 2.54. The van der Waals surface area contributed by atoms with E-state index in [9.17, 15) is 14.0 Å². The number of hydrogen-bond acceptors (Lipinski definition) is 3. The molecule has 1 amide bonds. The van der Waals surface area contributed by atoms with E-state index in [1.54, 1.807) is 13.0 Å². The van der Waals surface area contributed by atoms with Gasteiger partial charge in [0.05, 0.1) is 18.7 Å². The molecule has 2 rings (SSSR count). The standard InChI is InChI=1S/C17H16FNO4/c1-10(11-6-7-15(23-2)14(18)9-11)19-16(20)12-4-3-5-13(8-12)17(21)22/h3-10H,1-2H3,(H,19,20)(H,21,22). The van der Waals surface area contributed by atoms with Crippen molar-refractivity contribution in [3.63, 3.8) is 0 Å². The summed E-state index contributed by atoms with van der Waals surface area (Å²) in [5, 5.41) is 11.6. The van der Waals surface area contributed by atoms with Gasteiger partial charge >= 0.3 is 5.97 Å². The second-order valence-electron chi connectivity index (χ2n) is 4.98.